The molecule has 0 spiro atoms. The summed E-state index contributed by atoms with van der Waals surface area (Å²) in [7, 11) is 0. The zero-order valence-electron chi connectivity index (χ0n) is 23.3. The molecule has 4 aromatic heterocycles. The van der Waals surface area contributed by atoms with Crippen molar-refractivity contribution in [2.24, 2.45) is 0 Å². The summed E-state index contributed by atoms with van der Waals surface area (Å²) in [6, 6.07) is 12.0. The Morgan fingerprint density at radius 2 is 0.696 bits per heavy atom. The second-order valence-electron chi connectivity index (χ2n) is 6.48. The van der Waals surface area contributed by atoms with Crippen LogP contribution in [0, 0.1) is 0 Å². The number of aromatic carboxylic acids is 4. The molecule has 22 N–H and O–H groups in total. The maximum absolute atomic E-state index is 10.2. The second kappa shape index (κ2) is 33.1. The van der Waals surface area contributed by atoms with Crippen molar-refractivity contribution in [3.8, 4) is 11.1 Å². The Bertz CT molecular complexity index is 1210. The maximum Gasteiger partial charge on any atom is 2.00 e. The number of rotatable bonds is 5. The normalized spacial score (nSPS) is 7.39. The first kappa shape index (κ1) is 64.2. The molecule has 0 amide bonds. The summed E-state index contributed by atoms with van der Waals surface area (Å²) in [6.07, 6.45) is 9.28. The predicted molar refractivity (Wildman–Crippen MR) is 150 cm³/mol. The van der Waals surface area contributed by atoms with Crippen molar-refractivity contribution in [2.75, 3.05) is 0 Å². The fourth-order valence-corrected chi connectivity index (χ4v) is 2.43. The largest absolute Gasteiger partial charge is 2.00 e. The molecule has 0 saturated heterocycles. The van der Waals surface area contributed by atoms with Crippen molar-refractivity contribution in [2.45, 2.75) is 0 Å². The number of carboxylic acids is 4. The van der Waals surface area contributed by atoms with Crippen LogP contribution in [0.4, 0.5) is 0 Å². The number of aromatic nitrogens is 4. The van der Waals surface area contributed by atoms with E-state index >= 15 is 0 Å². The van der Waals surface area contributed by atoms with Crippen LogP contribution in [-0.4, -0.2) is 54.8 Å². The van der Waals surface area contributed by atoms with Gasteiger partial charge in [-0.3, -0.25) is 19.9 Å². The van der Waals surface area contributed by atoms with Crippen LogP contribution in [0.15, 0.2) is 85.7 Å². The molecule has 0 atom stereocenters. The monoisotopic (exact) mass is 754 g/mol. The SMILES string of the molecule is O.O.O=C([O-])c1ccnc(C(=O)[O-])c1.O=C([O-])c1ccnc(C(=O)[O-])c1.[Co+2].[Co+2].[OH3+].[OH3+].[OH3+].[OH3+].[OH3+].[OH3+].c1cc(-c2ccncc2)ccn1. The Balaban J connectivity index is -0.0000000575. The van der Waals surface area contributed by atoms with Gasteiger partial charge in [0.1, 0.15) is 0 Å². The third-order valence-corrected chi connectivity index (χ3v) is 4.10. The minimum absolute atomic E-state index is 0. The van der Waals surface area contributed by atoms with Crippen LogP contribution >= 0.6 is 0 Å². The summed E-state index contributed by atoms with van der Waals surface area (Å²) in [4.78, 5) is 55.5. The van der Waals surface area contributed by atoms with Crippen LogP contribution in [0.25, 0.3) is 11.1 Å². The molecule has 4 rings (SSSR count). The summed E-state index contributed by atoms with van der Waals surface area (Å²) < 4.78 is 0. The van der Waals surface area contributed by atoms with E-state index in [-0.39, 0.29) is 88.5 Å². The molecular weight excluding hydrogens is 718 g/mol. The van der Waals surface area contributed by atoms with E-state index in [1.54, 1.807) is 24.8 Å². The van der Waals surface area contributed by atoms with E-state index in [9.17, 15) is 39.6 Å². The molecule has 0 aliphatic rings. The van der Waals surface area contributed by atoms with Crippen LogP contribution in [0.5, 0.6) is 0 Å². The first-order valence-corrected chi connectivity index (χ1v) is 9.77. The molecule has 22 heteroatoms. The van der Waals surface area contributed by atoms with Gasteiger partial charge in [-0.25, -0.2) is 0 Å². The van der Waals surface area contributed by atoms with Gasteiger partial charge in [0.15, 0.2) is 0 Å². The van der Waals surface area contributed by atoms with Gasteiger partial charge in [0.25, 0.3) is 0 Å². The Morgan fingerprint density at radius 1 is 0.435 bits per heavy atom. The summed E-state index contributed by atoms with van der Waals surface area (Å²) in [6.45, 7) is 0. The average Bonchev–Trinajstić information content (AvgIpc) is 2.90. The van der Waals surface area contributed by atoms with Crippen LogP contribution in [0.3, 0.4) is 0 Å². The molecule has 2 radical (unpaired) electrons. The predicted octanol–water partition coefficient (Wildman–Crippen LogP) is -9.42. The van der Waals surface area contributed by atoms with Gasteiger partial charge in [0, 0.05) is 48.3 Å². The van der Waals surface area contributed by atoms with Crippen LogP contribution in [-0.2, 0) is 66.4 Å². The fraction of sp³-hybridized carbons (Fsp3) is 0. The molecular formula is C24H36Co2N4O16+6. The summed E-state index contributed by atoms with van der Waals surface area (Å²) >= 11 is 0. The molecule has 4 heterocycles. The zero-order chi connectivity index (χ0) is 26.5. The van der Waals surface area contributed by atoms with E-state index in [1.807, 2.05) is 24.3 Å². The molecule has 260 valence electrons. The van der Waals surface area contributed by atoms with Gasteiger partial charge in [-0.2, -0.15) is 0 Å². The number of hydrogen-bond acceptors (Lipinski definition) is 12. The van der Waals surface area contributed by atoms with Crippen molar-refractivity contribution in [1.82, 2.24) is 19.9 Å². The topological polar surface area (TPSA) is 473 Å². The summed E-state index contributed by atoms with van der Waals surface area (Å²) in [5.41, 5.74) is 1.04. The Kier molecular flexibility index (Phi) is 46.2. The van der Waals surface area contributed by atoms with E-state index in [4.69, 9.17) is 0 Å². The van der Waals surface area contributed by atoms with Crippen molar-refractivity contribution in [3.05, 3.63) is 108 Å². The van der Waals surface area contributed by atoms with E-state index in [1.165, 1.54) is 11.1 Å². The van der Waals surface area contributed by atoms with E-state index in [0.717, 1.165) is 36.7 Å². The van der Waals surface area contributed by atoms with E-state index < -0.39 is 35.3 Å². The van der Waals surface area contributed by atoms with Crippen LogP contribution < -0.4 is 20.4 Å². The molecule has 20 nitrogen and oxygen atoms in total. The Labute approximate surface area is 279 Å². The molecule has 0 fully saturated rings. The number of carbonyl (C=O) groups is 4. The second-order valence-corrected chi connectivity index (χ2v) is 6.48. The van der Waals surface area contributed by atoms with Gasteiger partial charge in [-0.05, 0) is 59.7 Å². The van der Waals surface area contributed by atoms with E-state index in [2.05, 4.69) is 19.9 Å². The third kappa shape index (κ3) is 21.8. The minimum atomic E-state index is -1.52. The first-order valence-electron chi connectivity index (χ1n) is 9.77. The summed E-state index contributed by atoms with van der Waals surface area (Å²) in [5, 5.41) is 40.8. The smallest absolute Gasteiger partial charge is 0.545 e. The van der Waals surface area contributed by atoms with Gasteiger partial charge in [0.2, 0.25) is 0 Å². The molecule has 46 heavy (non-hydrogen) atoms. The van der Waals surface area contributed by atoms with Crippen LogP contribution in [0.1, 0.15) is 41.7 Å². The Morgan fingerprint density at radius 3 is 0.913 bits per heavy atom. The van der Waals surface area contributed by atoms with Crippen LogP contribution in [0.2, 0.25) is 0 Å². The number of carboxylic acid groups (broad SMARTS) is 4. The minimum Gasteiger partial charge on any atom is -0.545 e. The standard InChI is InChI=1S/C10H8N2.2C7H5NO4.2Co.8H2O/c1-5-11-6-2-9(1)10-3-7-12-8-4-10;2*9-6(10)4-1-2-8-5(3-4)7(11)12;;;;;;;;;;/h1-8H;2*1-3H,(H,9,10)(H,11,12);;;8*1H2/q;;;2*+2;;;;;;;;/p+2. The third-order valence-electron chi connectivity index (χ3n) is 4.10. The van der Waals surface area contributed by atoms with Gasteiger partial charge >= 0.3 is 33.6 Å². The quantitative estimate of drug-likeness (QED) is 0.171. The summed E-state index contributed by atoms with van der Waals surface area (Å²) in [5.74, 6) is -5.92. The van der Waals surface area contributed by atoms with Gasteiger partial charge in [-0.1, -0.05) is 0 Å². The maximum atomic E-state index is 10.2. The van der Waals surface area contributed by atoms with Crippen molar-refractivity contribution in [3.63, 3.8) is 0 Å². The molecule has 0 aliphatic heterocycles. The molecule has 0 unspecified atom stereocenters. The molecule has 0 saturated carbocycles. The Hall–Kier alpha value is -4.83. The van der Waals surface area contributed by atoms with Crippen molar-refractivity contribution >= 4 is 23.9 Å². The molecule has 0 aliphatic carbocycles. The molecule has 0 bridgehead atoms. The van der Waals surface area contributed by atoms with Gasteiger partial charge < -0.3 is 83.4 Å². The van der Waals surface area contributed by atoms with Crippen molar-refractivity contribution < 1.29 is 117 Å². The fourth-order valence-electron chi connectivity index (χ4n) is 2.43. The number of hydrogen-bond donors (Lipinski definition) is 0. The average molecular weight is 754 g/mol. The van der Waals surface area contributed by atoms with Crippen molar-refractivity contribution in [1.29, 1.82) is 0 Å². The van der Waals surface area contributed by atoms with Gasteiger partial charge in [-0.15, -0.1) is 0 Å². The number of carbonyl (C=O) groups excluding carboxylic acids is 4. The number of pyridine rings is 4. The molecule has 0 aromatic carbocycles. The van der Waals surface area contributed by atoms with E-state index in [0.29, 0.717) is 0 Å². The number of nitrogens with zero attached hydrogens (tertiary/aromatic N) is 4. The molecule has 4 aromatic rings. The van der Waals surface area contributed by atoms with Gasteiger partial charge in [0.05, 0.1) is 35.3 Å². The first-order chi connectivity index (χ1) is 17.2. The zero-order valence-corrected chi connectivity index (χ0v) is 25.4.